The Hall–Kier alpha value is -3.32. The molecule has 0 saturated heterocycles. The molecule has 4 aromatic rings. The van der Waals surface area contributed by atoms with Gasteiger partial charge in [-0.2, -0.15) is 4.57 Å². The first-order chi connectivity index (χ1) is 15.0. The van der Waals surface area contributed by atoms with E-state index in [0.29, 0.717) is 5.69 Å². The summed E-state index contributed by atoms with van der Waals surface area (Å²) in [4.78, 5) is 0. The third-order valence-electron chi connectivity index (χ3n) is 6.72. The van der Waals surface area contributed by atoms with Crippen molar-refractivity contribution in [3.63, 3.8) is 0 Å². The fourth-order valence-corrected chi connectivity index (χ4v) is 6.25. The molecule has 5 heterocycles. The van der Waals surface area contributed by atoms with Crippen LogP contribution < -0.4 is 9.29 Å². The van der Waals surface area contributed by atoms with Crippen LogP contribution in [0.5, 0.6) is 0 Å². The number of nitrogens with one attached hydrogen (secondary N) is 1. The maximum absolute atomic E-state index is 12.2. The van der Waals surface area contributed by atoms with Crippen molar-refractivity contribution in [2.75, 3.05) is 11.0 Å². The SMILES string of the molecule is CS(=O)(=O)Nc1ccc[n+]2c1C1c3ccccc3C2CC1(c1ccoc1)c1ccoc1. The lowest BCUT2D eigenvalue weighted by Crippen LogP contribution is -2.60. The summed E-state index contributed by atoms with van der Waals surface area (Å²) in [6.45, 7) is 0. The van der Waals surface area contributed by atoms with Gasteiger partial charge in [-0.1, -0.05) is 24.3 Å². The number of nitrogens with zero attached hydrogens (tertiary/aromatic N) is 1. The van der Waals surface area contributed by atoms with E-state index in [2.05, 4.69) is 27.5 Å². The van der Waals surface area contributed by atoms with Crippen LogP contribution in [0.4, 0.5) is 5.69 Å². The Kier molecular flexibility index (Phi) is 3.77. The van der Waals surface area contributed by atoms with E-state index >= 15 is 0 Å². The number of sulfonamides is 1. The second-order valence-electron chi connectivity index (χ2n) is 8.37. The van der Waals surface area contributed by atoms with Gasteiger partial charge < -0.3 is 8.83 Å². The fraction of sp³-hybridized carbons (Fsp3) is 0.208. The lowest BCUT2D eigenvalue weighted by atomic mass is 9.54. The minimum absolute atomic E-state index is 0.0438. The molecule has 7 heteroatoms. The number of fused-ring (bicyclic) bond motifs is 1. The van der Waals surface area contributed by atoms with E-state index in [-0.39, 0.29) is 12.0 Å². The molecule has 156 valence electrons. The third-order valence-corrected chi connectivity index (χ3v) is 7.31. The summed E-state index contributed by atoms with van der Waals surface area (Å²) < 4.78 is 40.5. The van der Waals surface area contributed by atoms with Crippen molar-refractivity contribution in [2.45, 2.75) is 23.8 Å². The molecule has 0 saturated carbocycles. The van der Waals surface area contributed by atoms with Gasteiger partial charge in [0.1, 0.15) is 5.69 Å². The summed E-state index contributed by atoms with van der Waals surface area (Å²) in [7, 11) is -3.45. The van der Waals surface area contributed by atoms with Crippen LogP contribution in [-0.4, -0.2) is 14.7 Å². The molecule has 0 fully saturated rings. The molecule has 0 amide bonds. The zero-order chi connectivity index (χ0) is 21.2. The van der Waals surface area contributed by atoms with E-state index in [1.807, 2.05) is 36.5 Å². The molecule has 2 aliphatic heterocycles. The van der Waals surface area contributed by atoms with Crippen LogP contribution in [0.15, 0.2) is 88.6 Å². The lowest BCUT2D eigenvalue weighted by Gasteiger charge is -2.49. The van der Waals surface area contributed by atoms with Crippen LogP contribution >= 0.6 is 0 Å². The molecular formula is C24H21N2O4S+. The first kappa shape index (κ1) is 18.4. The highest BCUT2D eigenvalue weighted by molar-refractivity contribution is 7.92. The first-order valence-corrected chi connectivity index (χ1v) is 12.0. The molecule has 1 aliphatic carbocycles. The fourth-order valence-electron chi connectivity index (χ4n) is 5.68. The van der Waals surface area contributed by atoms with Gasteiger partial charge in [0.15, 0.2) is 12.2 Å². The highest BCUT2D eigenvalue weighted by Crippen LogP contribution is 2.60. The molecule has 0 radical (unpaired) electrons. The average molecular weight is 434 g/mol. The summed E-state index contributed by atoms with van der Waals surface area (Å²) in [5.74, 6) is -0.130. The minimum atomic E-state index is -3.45. The molecule has 31 heavy (non-hydrogen) atoms. The lowest BCUT2D eigenvalue weighted by molar-refractivity contribution is -0.731. The first-order valence-electron chi connectivity index (χ1n) is 10.1. The van der Waals surface area contributed by atoms with Crippen molar-refractivity contribution in [2.24, 2.45) is 0 Å². The Balaban J connectivity index is 1.71. The van der Waals surface area contributed by atoms with E-state index in [1.165, 1.54) is 17.4 Å². The Bertz CT molecular complexity index is 1340. The monoisotopic (exact) mass is 433 g/mol. The van der Waals surface area contributed by atoms with Crippen molar-refractivity contribution in [3.8, 4) is 0 Å². The van der Waals surface area contributed by atoms with E-state index in [9.17, 15) is 8.42 Å². The van der Waals surface area contributed by atoms with Crippen LogP contribution in [-0.2, 0) is 15.4 Å². The van der Waals surface area contributed by atoms with Crippen LogP contribution in [0.1, 0.15) is 46.3 Å². The number of benzene rings is 1. The van der Waals surface area contributed by atoms with Crippen molar-refractivity contribution < 1.29 is 21.8 Å². The number of hydrogen-bond acceptors (Lipinski definition) is 4. The normalized spacial score (nSPS) is 20.8. The Morgan fingerprint density at radius 3 is 2.26 bits per heavy atom. The Labute approximate surface area is 180 Å². The van der Waals surface area contributed by atoms with Crippen LogP contribution in [0, 0.1) is 0 Å². The topological polar surface area (TPSA) is 76.3 Å². The number of rotatable bonds is 4. The summed E-state index contributed by atoms with van der Waals surface area (Å²) >= 11 is 0. The minimum Gasteiger partial charge on any atom is -0.472 e. The number of anilines is 1. The van der Waals surface area contributed by atoms with E-state index < -0.39 is 15.4 Å². The summed E-state index contributed by atoms with van der Waals surface area (Å²) in [5, 5.41) is 0. The standard InChI is InChI=1S/C24H21N2O4S/c1-31(27,28)25-20-7-4-10-26-21-13-24(16-8-11-29-14-16,17-9-12-30-15-17)22(23(20)26)19-6-3-2-5-18(19)21/h2-12,14-15,21-22,25H,13H2,1H3/q+1. The van der Waals surface area contributed by atoms with Gasteiger partial charge in [-0.05, 0) is 23.8 Å². The van der Waals surface area contributed by atoms with Crippen molar-refractivity contribution in [3.05, 3.63) is 108 Å². The van der Waals surface area contributed by atoms with E-state index in [0.717, 1.165) is 23.2 Å². The molecule has 1 N–H and O–H groups in total. The summed E-state index contributed by atoms with van der Waals surface area (Å²) in [6, 6.07) is 16.2. The Morgan fingerprint density at radius 1 is 0.968 bits per heavy atom. The average Bonchev–Trinajstić information content (AvgIpc) is 3.47. The van der Waals surface area contributed by atoms with E-state index in [4.69, 9.17) is 8.83 Å². The smallest absolute Gasteiger partial charge is 0.230 e. The molecule has 2 unspecified atom stereocenters. The maximum atomic E-state index is 12.2. The summed E-state index contributed by atoms with van der Waals surface area (Å²) in [6.07, 6.45) is 11.0. The molecule has 0 spiro atoms. The molecular weight excluding hydrogens is 412 g/mol. The van der Waals surface area contributed by atoms with Crippen molar-refractivity contribution >= 4 is 15.7 Å². The van der Waals surface area contributed by atoms with Crippen molar-refractivity contribution in [1.29, 1.82) is 0 Å². The molecule has 1 aromatic carbocycles. The highest BCUT2D eigenvalue weighted by atomic mass is 32.2. The molecule has 3 aliphatic rings. The molecule has 2 bridgehead atoms. The van der Waals surface area contributed by atoms with Gasteiger partial charge in [0.2, 0.25) is 15.7 Å². The predicted octanol–water partition coefficient (Wildman–Crippen LogP) is 3.96. The second kappa shape index (κ2) is 6.34. The molecule has 3 aromatic heterocycles. The zero-order valence-electron chi connectivity index (χ0n) is 16.9. The molecule has 2 atom stereocenters. The van der Waals surface area contributed by atoms with Crippen LogP contribution in [0.3, 0.4) is 0 Å². The van der Waals surface area contributed by atoms with Gasteiger partial charge >= 0.3 is 0 Å². The van der Waals surface area contributed by atoms with Gasteiger partial charge in [-0.25, -0.2) is 8.42 Å². The maximum Gasteiger partial charge on any atom is 0.230 e. The molecule has 7 rings (SSSR count). The van der Waals surface area contributed by atoms with Gasteiger partial charge in [0.25, 0.3) is 0 Å². The number of pyridine rings is 1. The third kappa shape index (κ3) is 2.56. The number of hydrogen-bond donors (Lipinski definition) is 1. The quantitative estimate of drug-likeness (QED) is 0.495. The van der Waals surface area contributed by atoms with Gasteiger partial charge in [0, 0.05) is 29.2 Å². The summed E-state index contributed by atoms with van der Waals surface area (Å²) in [5.41, 5.74) is 5.68. The highest BCUT2D eigenvalue weighted by Gasteiger charge is 2.61. The Morgan fingerprint density at radius 2 is 1.65 bits per heavy atom. The van der Waals surface area contributed by atoms with E-state index in [1.54, 1.807) is 25.1 Å². The predicted molar refractivity (Wildman–Crippen MR) is 114 cm³/mol. The van der Waals surface area contributed by atoms with Crippen LogP contribution in [0.25, 0.3) is 0 Å². The van der Waals surface area contributed by atoms with Crippen molar-refractivity contribution in [1.82, 2.24) is 0 Å². The van der Waals surface area contributed by atoms with Gasteiger partial charge in [-0.3, -0.25) is 4.72 Å². The zero-order valence-corrected chi connectivity index (χ0v) is 17.7. The number of furan rings is 2. The largest absolute Gasteiger partial charge is 0.472 e. The van der Waals surface area contributed by atoms with Crippen LogP contribution in [0.2, 0.25) is 0 Å². The molecule has 6 nitrogen and oxygen atoms in total. The van der Waals surface area contributed by atoms with Gasteiger partial charge in [-0.15, -0.1) is 0 Å². The number of aromatic nitrogens is 1. The van der Waals surface area contributed by atoms with Gasteiger partial charge in [0.05, 0.1) is 42.6 Å². The second-order valence-corrected chi connectivity index (χ2v) is 10.1.